The first kappa shape index (κ1) is 10.2. The molecule has 0 radical (unpaired) electrons. The van der Waals surface area contributed by atoms with Gasteiger partial charge in [0, 0.05) is 19.3 Å². The van der Waals surface area contributed by atoms with E-state index in [0.717, 1.165) is 11.1 Å². The first-order valence-electron chi connectivity index (χ1n) is 4.18. The molecule has 0 aromatic carbocycles. The number of urea groups is 1. The Balaban J connectivity index is 2.40. The Morgan fingerprint density at radius 2 is 2.33 bits per heavy atom. The van der Waals surface area contributed by atoms with E-state index in [4.69, 9.17) is 10.3 Å². The van der Waals surface area contributed by atoms with Crippen LogP contribution < -0.4 is 11.1 Å². The molecule has 2 amide bonds. The number of fused-ring (bicyclic) bond motifs is 1. The summed E-state index contributed by atoms with van der Waals surface area (Å²) in [7, 11) is -4.33. The van der Waals surface area contributed by atoms with Gasteiger partial charge in [-0.2, -0.15) is 8.42 Å². The Morgan fingerprint density at radius 1 is 1.67 bits per heavy atom. The summed E-state index contributed by atoms with van der Waals surface area (Å²) in [5.74, 6) is 0. The molecule has 2 aliphatic heterocycles. The maximum absolute atomic E-state index is 11.0. The van der Waals surface area contributed by atoms with Crippen molar-refractivity contribution in [1.82, 2.24) is 15.1 Å². The average Bonchev–Trinajstić information content (AvgIpc) is 2.57. The van der Waals surface area contributed by atoms with Gasteiger partial charge in [0.25, 0.3) is 0 Å². The Morgan fingerprint density at radius 3 is 2.87 bits per heavy atom. The van der Waals surface area contributed by atoms with Crippen LogP contribution in [0.3, 0.4) is 0 Å². The molecule has 2 aliphatic rings. The largest absolute Gasteiger partial charge is 0.351 e. The second-order valence-electron chi connectivity index (χ2n) is 3.21. The highest BCUT2D eigenvalue weighted by Crippen LogP contribution is 2.26. The van der Waals surface area contributed by atoms with Crippen LogP contribution in [0.5, 0.6) is 0 Å². The van der Waals surface area contributed by atoms with E-state index >= 15 is 0 Å². The number of rotatable bonds is 1. The van der Waals surface area contributed by atoms with Gasteiger partial charge in [0.15, 0.2) is 11.3 Å². The molecule has 1 fully saturated rings. The molecule has 1 unspecified atom stereocenters. The molecule has 1 saturated heterocycles. The number of hydrogen-bond acceptors (Lipinski definition) is 5. The van der Waals surface area contributed by atoms with Crippen LogP contribution in [0.2, 0.25) is 0 Å². The van der Waals surface area contributed by atoms with Gasteiger partial charge in [-0.15, -0.1) is 0 Å². The zero-order valence-electron chi connectivity index (χ0n) is 7.62. The number of nitrogens with one attached hydrogen (secondary N) is 1. The number of nitrogens with two attached hydrogens (primary N) is 1. The molecular weight excluding hydrogens is 224 g/mol. The van der Waals surface area contributed by atoms with Crippen molar-refractivity contribution < 1.29 is 17.8 Å². The zero-order valence-corrected chi connectivity index (χ0v) is 8.44. The van der Waals surface area contributed by atoms with Crippen molar-refractivity contribution >= 4 is 16.1 Å². The molecule has 4 N–H and O–H groups in total. The summed E-state index contributed by atoms with van der Waals surface area (Å²) in [5, 5.41) is 2.57. The SMILES string of the molecule is NC(=O)N1C=C(S(=O)(=O)O)N2CCNC12. The number of hydrogen-bond donors (Lipinski definition) is 3. The van der Waals surface area contributed by atoms with Gasteiger partial charge in [-0.05, 0) is 0 Å². The normalized spacial score (nSPS) is 25.4. The molecule has 0 saturated carbocycles. The van der Waals surface area contributed by atoms with E-state index in [1.54, 1.807) is 0 Å². The summed E-state index contributed by atoms with van der Waals surface area (Å²) in [6, 6.07) is -0.780. The quantitative estimate of drug-likeness (QED) is 0.464. The van der Waals surface area contributed by atoms with E-state index in [-0.39, 0.29) is 5.03 Å². The van der Waals surface area contributed by atoms with E-state index in [9.17, 15) is 13.2 Å². The fraction of sp³-hybridized carbons (Fsp3) is 0.500. The van der Waals surface area contributed by atoms with Gasteiger partial charge >= 0.3 is 16.1 Å². The molecule has 84 valence electrons. The first-order chi connectivity index (χ1) is 6.91. The van der Waals surface area contributed by atoms with Crippen LogP contribution in [0.1, 0.15) is 0 Å². The Labute approximate surface area is 86.1 Å². The second-order valence-corrected chi connectivity index (χ2v) is 4.58. The van der Waals surface area contributed by atoms with E-state index in [0.29, 0.717) is 13.1 Å². The lowest BCUT2D eigenvalue weighted by molar-refractivity contribution is 0.172. The molecule has 0 aliphatic carbocycles. The smallest absolute Gasteiger partial charge is 0.321 e. The third-order valence-electron chi connectivity index (χ3n) is 2.29. The van der Waals surface area contributed by atoms with Gasteiger partial charge in [-0.1, -0.05) is 0 Å². The summed E-state index contributed by atoms with van der Waals surface area (Å²) in [6.45, 7) is 0.904. The van der Waals surface area contributed by atoms with Crippen LogP contribution in [-0.4, -0.2) is 48.2 Å². The molecule has 1 atom stereocenters. The van der Waals surface area contributed by atoms with Crippen molar-refractivity contribution in [3.8, 4) is 0 Å². The first-order valence-corrected chi connectivity index (χ1v) is 5.62. The van der Waals surface area contributed by atoms with Crippen molar-refractivity contribution in [2.24, 2.45) is 5.73 Å². The molecule has 0 aromatic heterocycles. The second kappa shape index (κ2) is 3.08. The zero-order chi connectivity index (χ0) is 11.2. The van der Waals surface area contributed by atoms with Crippen molar-refractivity contribution in [2.75, 3.05) is 13.1 Å². The average molecular weight is 234 g/mol. The maximum atomic E-state index is 11.0. The molecule has 2 rings (SSSR count). The summed E-state index contributed by atoms with van der Waals surface area (Å²) in [5.41, 5.74) is 5.06. The maximum Gasteiger partial charge on any atom is 0.321 e. The Hall–Kier alpha value is -1.32. The standard InChI is InChI=1S/C6H10N4O4S/c7-5(11)10-3-4(15(12,13)14)9-2-1-8-6(9)10/h3,6,8H,1-2H2,(H2,7,11)(H,12,13,14). The lowest BCUT2D eigenvalue weighted by Crippen LogP contribution is -2.47. The Kier molecular flexibility index (Phi) is 2.10. The highest BCUT2D eigenvalue weighted by Gasteiger charge is 2.42. The van der Waals surface area contributed by atoms with Crippen LogP contribution in [0.4, 0.5) is 4.79 Å². The minimum atomic E-state index is -4.33. The topological polar surface area (TPSA) is 116 Å². The number of amides is 2. The lowest BCUT2D eigenvalue weighted by Gasteiger charge is -2.23. The molecule has 15 heavy (non-hydrogen) atoms. The molecule has 2 heterocycles. The van der Waals surface area contributed by atoms with E-state index in [2.05, 4.69) is 5.32 Å². The predicted octanol–water partition coefficient (Wildman–Crippen LogP) is -1.74. The Bertz CT molecular complexity index is 430. The highest BCUT2D eigenvalue weighted by molar-refractivity contribution is 7.89. The fourth-order valence-corrected chi connectivity index (χ4v) is 2.42. The van der Waals surface area contributed by atoms with Crippen LogP contribution in [-0.2, 0) is 10.1 Å². The number of nitrogens with zero attached hydrogens (tertiary/aromatic N) is 2. The minimum absolute atomic E-state index is 0.309. The molecule has 9 heteroatoms. The number of carbonyl (C=O) groups is 1. The predicted molar refractivity (Wildman–Crippen MR) is 49.6 cm³/mol. The minimum Gasteiger partial charge on any atom is -0.351 e. The van der Waals surface area contributed by atoms with Crippen molar-refractivity contribution in [3.63, 3.8) is 0 Å². The molecular formula is C6H10N4O4S. The monoisotopic (exact) mass is 234 g/mol. The molecule has 0 bridgehead atoms. The van der Waals surface area contributed by atoms with Gasteiger partial charge in [-0.3, -0.25) is 14.8 Å². The van der Waals surface area contributed by atoms with Gasteiger partial charge < -0.3 is 10.6 Å². The molecule has 8 nitrogen and oxygen atoms in total. The van der Waals surface area contributed by atoms with Gasteiger partial charge in [-0.25, -0.2) is 4.79 Å². The fourth-order valence-electron chi connectivity index (χ4n) is 1.69. The number of primary amides is 1. The van der Waals surface area contributed by atoms with Gasteiger partial charge in [0.1, 0.15) is 0 Å². The highest BCUT2D eigenvalue weighted by atomic mass is 32.2. The van der Waals surface area contributed by atoms with Crippen LogP contribution in [0, 0.1) is 0 Å². The van der Waals surface area contributed by atoms with E-state index < -0.39 is 22.4 Å². The third-order valence-corrected chi connectivity index (χ3v) is 3.16. The summed E-state index contributed by atoms with van der Waals surface area (Å²) in [4.78, 5) is 13.4. The summed E-state index contributed by atoms with van der Waals surface area (Å²) in [6.07, 6.45) is 0.411. The summed E-state index contributed by atoms with van der Waals surface area (Å²) >= 11 is 0. The van der Waals surface area contributed by atoms with E-state index in [1.165, 1.54) is 4.90 Å². The van der Waals surface area contributed by atoms with Crippen LogP contribution >= 0.6 is 0 Å². The van der Waals surface area contributed by atoms with E-state index in [1.807, 2.05) is 0 Å². The third kappa shape index (κ3) is 1.54. The van der Waals surface area contributed by atoms with Crippen LogP contribution in [0.15, 0.2) is 11.2 Å². The van der Waals surface area contributed by atoms with Crippen molar-refractivity contribution in [1.29, 1.82) is 0 Å². The van der Waals surface area contributed by atoms with Gasteiger partial charge in [0.05, 0.1) is 0 Å². The van der Waals surface area contributed by atoms with Crippen molar-refractivity contribution in [3.05, 3.63) is 11.2 Å². The number of carbonyl (C=O) groups excluding carboxylic acids is 1. The molecule has 0 spiro atoms. The van der Waals surface area contributed by atoms with Crippen LogP contribution in [0.25, 0.3) is 0 Å². The lowest BCUT2D eigenvalue weighted by atomic mass is 10.6. The molecule has 0 aromatic rings. The van der Waals surface area contributed by atoms with Gasteiger partial charge in [0.2, 0.25) is 0 Å². The summed E-state index contributed by atoms with van der Waals surface area (Å²) < 4.78 is 30.9. The van der Waals surface area contributed by atoms with Crippen molar-refractivity contribution in [2.45, 2.75) is 6.29 Å².